The molecule has 0 spiro atoms. The number of benzene rings is 2. The number of carbonyl (C=O) groups is 2. The number of rotatable bonds is 8. The largest absolute Gasteiger partial charge is 0.502 e. The van der Waals surface area contributed by atoms with Crippen molar-refractivity contribution >= 4 is 28.5 Å². The summed E-state index contributed by atoms with van der Waals surface area (Å²) in [4.78, 5) is 20.7. The molecule has 0 aliphatic heterocycles. The number of phenolic OH excluding ortho intramolecular Hbond substituents is 1. The molecule has 0 aliphatic carbocycles. The van der Waals surface area contributed by atoms with Crippen LogP contribution >= 0.6 is 15.9 Å². The van der Waals surface area contributed by atoms with Crippen molar-refractivity contribution in [2.75, 3.05) is 26.2 Å². The van der Waals surface area contributed by atoms with Gasteiger partial charge in [-0.2, -0.15) is 26.3 Å². The number of aldehydes is 2. The van der Waals surface area contributed by atoms with Gasteiger partial charge in [0.15, 0.2) is 34.6 Å². The maximum absolute atomic E-state index is 13.5. The van der Waals surface area contributed by atoms with Crippen LogP contribution in [0.25, 0.3) is 0 Å². The second-order valence-corrected chi connectivity index (χ2v) is 7.38. The molecule has 0 bridgehead atoms. The second kappa shape index (κ2) is 15.9. The van der Waals surface area contributed by atoms with Crippen molar-refractivity contribution in [3.8, 4) is 23.0 Å². The van der Waals surface area contributed by atoms with Crippen LogP contribution in [-0.2, 0) is 0 Å². The Morgan fingerprint density at radius 1 is 0.811 bits per heavy atom. The Bertz CT molecular complexity index is 1010. The van der Waals surface area contributed by atoms with Gasteiger partial charge in [0.2, 0.25) is 0 Å². The zero-order valence-corrected chi connectivity index (χ0v) is 20.8. The smallest absolute Gasteiger partial charge is 0.392 e. The average Bonchev–Trinajstić information content (AvgIpc) is 2.80. The van der Waals surface area contributed by atoms with E-state index in [0.29, 0.717) is 12.6 Å². The van der Waals surface area contributed by atoms with Gasteiger partial charge in [-0.25, -0.2) is 8.78 Å². The van der Waals surface area contributed by atoms with E-state index in [-0.39, 0.29) is 28.0 Å². The number of halogens is 9. The first-order chi connectivity index (χ1) is 17.1. The lowest BCUT2D eigenvalue weighted by atomic mass is 10.2. The van der Waals surface area contributed by atoms with E-state index in [1.807, 2.05) is 0 Å². The van der Waals surface area contributed by atoms with Crippen LogP contribution in [0.1, 0.15) is 33.6 Å². The lowest BCUT2D eigenvalue weighted by Gasteiger charge is -2.13. The molecule has 0 amide bonds. The highest BCUT2D eigenvalue weighted by atomic mass is 79.9. The normalized spacial score (nSPS) is 10.8. The molecule has 1 N–H and O–H groups in total. The lowest BCUT2D eigenvalue weighted by Crippen LogP contribution is -2.13. The van der Waals surface area contributed by atoms with E-state index < -0.39 is 54.9 Å². The Morgan fingerprint density at radius 2 is 1.27 bits per heavy atom. The number of methoxy groups -OCH3 is 2. The molecule has 15 heteroatoms. The van der Waals surface area contributed by atoms with Gasteiger partial charge in [-0.15, -0.1) is 0 Å². The summed E-state index contributed by atoms with van der Waals surface area (Å²) in [6, 6.07) is 4.23. The molecule has 6 nitrogen and oxygen atoms in total. The number of aromatic hydroxyl groups is 1. The number of alkyl halides is 7. The molecule has 0 heterocycles. The zero-order chi connectivity index (χ0) is 28.8. The average molecular weight is 613 g/mol. The molecule has 0 radical (unpaired) electrons. The molecular weight excluding hydrogens is 592 g/mol. The molecule has 0 saturated heterocycles. The molecular formula is C22H21BrF8O6. The van der Waals surface area contributed by atoms with Gasteiger partial charge < -0.3 is 19.3 Å². The van der Waals surface area contributed by atoms with Crippen molar-refractivity contribution in [3.63, 3.8) is 0 Å². The van der Waals surface area contributed by atoms with E-state index in [1.54, 1.807) is 0 Å². The molecule has 0 unspecified atom stereocenters. The van der Waals surface area contributed by atoms with E-state index in [0.717, 1.165) is 12.1 Å². The minimum atomic E-state index is -4.38. The maximum atomic E-state index is 13.5. The first-order valence-corrected chi connectivity index (χ1v) is 10.9. The molecule has 208 valence electrons. The summed E-state index contributed by atoms with van der Waals surface area (Å²) in [6.45, 7) is -0.725. The van der Waals surface area contributed by atoms with Gasteiger partial charge >= 0.3 is 12.4 Å². The van der Waals surface area contributed by atoms with Gasteiger partial charge in [-0.1, -0.05) is 15.9 Å². The molecule has 0 atom stereocenters. The highest BCUT2D eigenvalue weighted by Gasteiger charge is 2.27. The molecule has 2 aromatic rings. The number of phenols is 1. The molecule has 0 fully saturated rings. The van der Waals surface area contributed by atoms with Crippen molar-refractivity contribution in [1.29, 1.82) is 0 Å². The quantitative estimate of drug-likeness (QED) is 0.204. The fourth-order valence-corrected chi connectivity index (χ4v) is 2.59. The summed E-state index contributed by atoms with van der Waals surface area (Å²) in [5.41, 5.74) is 0.134. The van der Waals surface area contributed by atoms with Gasteiger partial charge in [0.05, 0.1) is 33.7 Å². The van der Waals surface area contributed by atoms with Crippen LogP contribution in [0.5, 0.6) is 23.0 Å². The molecule has 0 saturated carbocycles. The van der Waals surface area contributed by atoms with E-state index in [9.17, 15) is 44.7 Å². The first-order valence-electron chi connectivity index (χ1n) is 9.79. The Morgan fingerprint density at radius 3 is 1.65 bits per heavy atom. The van der Waals surface area contributed by atoms with Crippen LogP contribution in [-0.4, -0.2) is 56.2 Å². The van der Waals surface area contributed by atoms with Crippen LogP contribution in [0.3, 0.4) is 0 Å². The van der Waals surface area contributed by atoms with Crippen LogP contribution in [0.4, 0.5) is 35.1 Å². The highest BCUT2D eigenvalue weighted by Crippen LogP contribution is 2.32. The molecule has 2 rings (SSSR count). The summed E-state index contributed by atoms with van der Waals surface area (Å²) >= 11 is 2.67. The molecule has 0 aliphatic rings. The van der Waals surface area contributed by atoms with Gasteiger partial charge in [-0.3, -0.25) is 9.59 Å². The van der Waals surface area contributed by atoms with E-state index in [1.165, 1.54) is 26.4 Å². The SMILES string of the molecule is COc1cc(C=O)cc(F)c1O.COc1cc(C=O)cc(F)c1OCCC(F)(F)F.FC(F)(F)CCBr. The van der Waals surface area contributed by atoms with E-state index in [2.05, 4.69) is 20.7 Å². The van der Waals surface area contributed by atoms with Crippen LogP contribution in [0, 0.1) is 11.6 Å². The monoisotopic (exact) mass is 612 g/mol. The lowest BCUT2D eigenvalue weighted by molar-refractivity contribution is -0.139. The van der Waals surface area contributed by atoms with E-state index in [4.69, 9.17) is 14.6 Å². The summed E-state index contributed by atoms with van der Waals surface area (Å²) < 4.78 is 109. The molecule has 37 heavy (non-hydrogen) atoms. The number of hydrogen-bond donors (Lipinski definition) is 1. The molecule has 0 aromatic heterocycles. The topological polar surface area (TPSA) is 82.1 Å². The summed E-state index contributed by atoms with van der Waals surface area (Å²) in [6.07, 6.45) is -9.45. The Balaban J connectivity index is 0.000000586. The third kappa shape index (κ3) is 13.7. The predicted octanol–water partition coefficient (Wildman–Crippen LogP) is 6.66. The predicted molar refractivity (Wildman–Crippen MR) is 119 cm³/mol. The summed E-state index contributed by atoms with van der Waals surface area (Å²) in [5.74, 6) is -3.00. The number of hydrogen-bond acceptors (Lipinski definition) is 6. The van der Waals surface area contributed by atoms with E-state index >= 15 is 0 Å². The van der Waals surface area contributed by atoms with Crippen LogP contribution in [0.2, 0.25) is 0 Å². The number of carbonyl (C=O) groups excluding carboxylic acids is 2. The fourth-order valence-electron chi connectivity index (χ4n) is 2.14. The maximum Gasteiger partial charge on any atom is 0.392 e. The Hall–Kier alpha value is -3.10. The second-order valence-electron chi connectivity index (χ2n) is 6.59. The third-order valence-electron chi connectivity index (χ3n) is 3.80. The third-order valence-corrected chi connectivity index (χ3v) is 4.20. The minimum Gasteiger partial charge on any atom is -0.502 e. The van der Waals surface area contributed by atoms with Gasteiger partial charge in [0, 0.05) is 16.5 Å². The summed E-state index contributed by atoms with van der Waals surface area (Å²) in [5, 5.41) is 9.00. The number of ether oxygens (including phenoxy) is 3. The fraction of sp³-hybridized carbons (Fsp3) is 0.364. The Labute approximate surface area is 214 Å². The minimum absolute atomic E-state index is 0.00347. The van der Waals surface area contributed by atoms with Crippen molar-refractivity contribution in [1.82, 2.24) is 0 Å². The van der Waals surface area contributed by atoms with Crippen LogP contribution in [0.15, 0.2) is 24.3 Å². The van der Waals surface area contributed by atoms with Gasteiger partial charge in [0.25, 0.3) is 0 Å². The van der Waals surface area contributed by atoms with Crippen LogP contribution < -0.4 is 14.2 Å². The zero-order valence-electron chi connectivity index (χ0n) is 19.2. The highest BCUT2D eigenvalue weighted by molar-refractivity contribution is 9.09. The standard InChI is InChI=1S/C11H10F4O3.C8H7FO3.C3H4BrF3/c1-17-9-5-7(6-16)4-8(12)10(9)18-3-2-11(13,14)15;1-12-7-3-5(4-10)2-6(9)8(7)11;4-2-1-3(5,6)7/h4-6H,2-3H2,1H3;2-4,11H,1H3;1-2H2. The first kappa shape index (κ1) is 33.9. The van der Waals surface area contributed by atoms with Crippen molar-refractivity contribution < 1.29 is 64.0 Å². The van der Waals surface area contributed by atoms with Gasteiger partial charge in [0.1, 0.15) is 12.6 Å². The summed E-state index contributed by atoms with van der Waals surface area (Å²) in [7, 11) is 2.48. The van der Waals surface area contributed by atoms with Crippen molar-refractivity contribution in [2.24, 2.45) is 0 Å². The van der Waals surface area contributed by atoms with Crippen molar-refractivity contribution in [3.05, 3.63) is 47.0 Å². The Kier molecular flexibility index (Phi) is 14.6. The molecule has 2 aromatic carbocycles. The van der Waals surface area contributed by atoms with Gasteiger partial charge in [-0.05, 0) is 24.3 Å². The van der Waals surface area contributed by atoms with Crippen molar-refractivity contribution in [2.45, 2.75) is 25.2 Å².